The van der Waals surface area contributed by atoms with Crippen molar-refractivity contribution in [1.29, 1.82) is 0 Å². The van der Waals surface area contributed by atoms with Gasteiger partial charge < -0.3 is 5.32 Å². The average Bonchev–Trinajstić information content (AvgIpc) is 2.61. The second-order valence-electron chi connectivity index (χ2n) is 2.64. The number of rotatable bonds is 1. The number of nitrogens with one attached hydrogen (secondary N) is 1. The Morgan fingerprint density at radius 2 is 2.23 bits per heavy atom. The first-order chi connectivity index (χ1) is 6.36. The number of aryl methyl sites for hydroxylation is 1. The van der Waals surface area contributed by atoms with Gasteiger partial charge in [-0.2, -0.15) is 0 Å². The standard InChI is InChI=1S/C9H9N4/c1-7-8(3-2-4-10-7)13-9-11-5-6-12-9/h2-6H,1H3,(H,11,13). The Labute approximate surface area is 76.4 Å². The van der Waals surface area contributed by atoms with Crippen molar-refractivity contribution in [2.75, 3.05) is 5.32 Å². The lowest BCUT2D eigenvalue weighted by Gasteiger charge is -2.06. The number of pyridine rings is 1. The zero-order valence-corrected chi connectivity index (χ0v) is 7.23. The summed E-state index contributed by atoms with van der Waals surface area (Å²) < 4.78 is 0. The van der Waals surface area contributed by atoms with Crippen molar-refractivity contribution in [2.45, 2.75) is 6.92 Å². The van der Waals surface area contributed by atoms with Crippen LogP contribution in [0.1, 0.15) is 5.69 Å². The summed E-state index contributed by atoms with van der Waals surface area (Å²) in [5.74, 6) is 0.608. The lowest BCUT2D eigenvalue weighted by atomic mass is 10.3. The van der Waals surface area contributed by atoms with Crippen molar-refractivity contribution in [3.63, 3.8) is 0 Å². The zero-order valence-electron chi connectivity index (χ0n) is 7.23. The first kappa shape index (κ1) is 7.79. The molecule has 4 heteroatoms. The first-order valence-corrected chi connectivity index (χ1v) is 3.98. The van der Waals surface area contributed by atoms with Gasteiger partial charge in [0, 0.05) is 18.6 Å². The van der Waals surface area contributed by atoms with E-state index in [9.17, 15) is 0 Å². The molecule has 2 rings (SSSR count). The van der Waals surface area contributed by atoms with Gasteiger partial charge >= 0.3 is 0 Å². The first-order valence-electron chi connectivity index (χ1n) is 3.98. The van der Waals surface area contributed by atoms with E-state index in [2.05, 4.69) is 20.6 Å². The Hall–Kier alpha value is -1.84. The Kier molecular flexibility index (Phi) is 1.96. The minimum absolute atomic E-state index is 0.608. The van der Waals surface area contributed by atoms with Crippen molar-refractivity contribution in [3.05, 3.63) is 36.4 Å². The molecule has 4 nitrogen and oxygen atoms in total. The molecule has 0 unspecified atom stereocenters. The maximum absolute atomic E-state index is 4.14. The van der Waals surface area contributed by atoms with Gasteiger partial charge in [0.2, 0.25) is 5.96 Å². The number of anilines is 1. The van der Waals surface area contributed by atoms with Crippen molar-refractivity contribution < 1.29 is 0 Å². The van der Waals surface area contributed by atoms with Gasteiger partial charge in [0.25, 0.3) is 0 Å². The van der Waals surface area contributed by atoms with E-state index in [4.69, 9.17) is 0 Å². The summed E-state index contributed by atoms with van der Waals surface area (Å²) in [7, 11) is 0. The fourth-order valence-electron chi connectivity index (χ4n) is 1.04. The van der Waals surface area contributed by atoms with E-state index < -0.39 is 0 Å². The van der Waals surface area contributed by atoms with Gasteiger partial charge in [-0.05, 0) is 19.1 Å². The largest absolute Gasteiger partial charge is 0.323 e. The van der Waals surface area contributed by atoms with Gasteiger partial charge in [-0.1, -0.05) is 0 Å². The Bertz CT molecular complexity index is 368. The molecule has 1 N–H and O–H groups in total. The molecule has 1 aliphatic rings. The van der Waals surface area contributed by atoms with E-state index in [1.54, 1.807) is 18.6 Å². The second kappa shape index (κ2) is 3.26. The molecule has 0 saturated carbocycles. The molecule has 65 valence electrons. The SMILES string of the molecule is Cc1ncccc1NC1=NC=C[N]1. The van der Waals surface area contributed by atoms with E-state index in [0.717, 1.165) is 11.4 Å². The van der Waals surface area contributed by atoms with Crippen molar-refractivity contribution in [1.82, 2.24) is 10.3 Å². The van der Waals surface area contributed by atoms with Crippen LogP contribution in [0.3, 0.4) is 0 Å². The van der Waals surface area contributed by atoms with Crippen LogP contribution in [0.15, 0.2) is 35.7 Å². The van der Waals surface area contributed by atoms with Crippen LogP contribution in [0.25, 0.3) is 0 Å². The fraction of sp³-hybridized carbons (Fsp3) is 0.111. The predicted octanol–water partition coefficient (Wildman–Crippen LogP) is 1.25. The molecule has 0 fully saturated rings. The van der Waals surface area contributed by atoms with Gasteiger partial charge in [0.15, 0.2) is 0 Å². The van der Waals surface area contributed by atoms with Crippen LogP contribution in [0, 0.1) is 6.92 Å². The molecule has 1 aromatic rings. The third-order valence-corrected chi connectivity index (χ3v) is 1.71. The summed E-state index contributed by atoms with van der Waals surface area (Å²) in [4.78, 5) is 8.14. The quantitative estimate of drug-likeness (QED) is 0.694. The van der Waals surface area contributed by atoms with Crippen molar-refractivity contribution in [2.24, 2.45) is 4.99 Å². The van der Waals surface area contributed by atoms with E-state index in [1.165, 1.54) is 0 Å². The van der Waals surface area contributed by atoms with Gasteiger partial charge in [-0.3, -0.25) is 4.98 Å². The predicted molar refractivity (Wildman–Crippen MR) is 51.3 cm³/mol. The highest BCUT2D eigenvalue weighted by atomic mass is 15.2. The monoisotopic (exact) mass is 173 g/mol. The summed E-state index contributed by atoms with van der Waals surface area (Å²) in [6.07, 6.45) is 5.05. The van der Waals surface area contributed by atoms with Crippen LogP contribution in [0.4, 0.5) is 5.69 Å². The van der Waals surface area contributed by atoms with E-state index in [1.807, 2.05) is 19.1 Å². The lowest BCUT2D eigenvalue weighted by Crippen LogP contribution is -2.18. The van der Waals surface area contributed by atoms with Crippen LogP contribution >= 0.6 is 0 Å². The van der Waals surface area contributed by atoms with Gasteiger partial charge in [-0.25, -0.2) is 10.3 Å². The Morgan fingerprint density at radius 1 is 1.31 bits per heavy atom. The molecule has 1 aromatic heterocycles. The van der Waals surface area contributed by atoms with E-state index in [0.29, 0.717) is 5.96 Å². The zero-order chi connectivity index (χ0) is 9.10. The normalized spacial score (nSPS) is 13.8. The smallest absolute Gasteiger partial charge is 0.227 e. The Morgan fingerprint density at radius 3 is 2.92 bits per heavy atom. The van der Waals surface area contributed by atoms with E-state index in [-0.39, 0.29) is 0 Å². The molecular weight excluding hydrogens is 164 g/mol. The highest BCUT2D eigenvalue weighted by Gasteiger charge is 2.04. The van der Waals surface area contributed by atoms with Gasteiger partial charge in [0.05, 0.1) is 11.4 Å². The molecule has 0 aromatic carbocycles. The summed E-state index contributed by atoms with van der Waals surface area (Å²) >= 11 is 0. The molecule has 0 atom stereocenters. The average molecular weight is 173 g/mol. The number of guanidine groups is 1. The van der Waals surface area contributed by atoms with Crippen LogP contribution in [0.5, 0.6) is 0 Å². The minimum atomic E-state index is 0.608. The molecular formula is C9H9N4. The van der Waals surface area contributed by atoms with Crippen LogP contribution in [0.2, 0.25) is 0 Å². The molecule has 0 spiro atoms. The number of aromatic nitrogens is 1. The number of hydrogen-bond donors (Lipinski definition) is 1. The lowest BCUT2D eigenvalue weighted by molar-refractivity contribution is 1.19. The van der Waals surface area contributed by atoms with Crippen LogP contribution in [-0.2, 0) is 0 Å². The van der Waals surface area contributed by atoms with Gasteiger partial charge in [-0.15, -0.1) is 0 Å². The highest BCUT2D eigenvalue weighted by molar-refractivity contribution is 5.95. The maximum Gasteiger partial charge on any atom is 0.227 e. The number of nitrogens with zero attached hydrogens (tertiary/aromatic N) is 3. The summed E-state index contributed by atoms with van der Waals surface area (Å²) in [5, 5.41) is 7.07. The summed E-state index contributed by atoms with van der Waals surface area (Å²) in [5.41, 5.74) is 1.88. The van der Waals surface area contributed by atoms with E-state index >= 15 is 0 Å². The molecule has 0 amide bonds. The summed E-state index contributed by atoms with van der Waals surface area (Å²) in [6.45, 7) is 1.94. The molecule has 0 bridgehead atoms. The van der Waals surface area contributed by atoms with Crippen LogP contribution in [-0.4, -0.2) is 10.9 Å². The molecule has 2 heterocycles. The molecule has 0 aliphatic carbocycles. The van der Waals surface area contributed by atoms with Crippen molar-refractivity contribution in [3.8, 4) is 0 Å². The molecule has 13 heavy (non-hydrogen) atoms. The minimum Gasteiger partial charge on any atom is -0.323 e. The second-order valence-corrected chi connectivity index (χ2v) is 2.64. The maximum atomic E-state index is 4.14. The number of aliphatic imine (C=N–C) groups is 1. The fourth-order valence-corrected chi connectivity index (χ4v) is 1.04. The third-order valence-electron chi connectivity index (χ3n) is 1.71. The van der Waals surface area contributed by atoms with Gasteiger partial charge in [0.1, 0.15) is 0 Å². The molecule has 0 saturated heterocycles. The number of hydrogen-bond acceptors (Lipinski definition) is 3. The van der Waals surface area contributed by atoms with Crippen molar-refractivity contribution >= 4 is 11.6 Å². The molecule has 1 aliphatic heterocycles. The topological polar surface area (TPSA) is 51.4 Å². The summed E-state index contributed by atoms with van der Waals surface area (Å²) in [6, 6.07) is 3.82. The third kappa shape index (κ3) is 1.66. The molecule has 1 radical (unpaired) electrons. The highest BCUT2D eigenvalue weighted by Crippen LogP contribution is 2.10. The Balaban J connectivity index is 2.14. The van der Waals surface area contributed by atoms with Crippen LogP contribution < -0.4 is 10.6 Å².